The van der Waals surface area contributed by atoms with Crippen molar-refractivity contribution in [2.45, 2.75) is 50.0 Å². The van der Waals surface area contributed by atoms with E-state index in [0.29, 0.717) is 29.7 Å². The second-order valence-corrected chi connectivity index (χ2v) is 9.89. The van der Waals surface area contributed by atoms with Gasteiger partial charge in [-0.3, -0.25) is 4.79 Å². The molecule has 182 valence electrons. The number of aromatic nitrogens is 3. The van der Waals surface area contributed by atoms with Gasteiger partial charge in [-0.25, -0.2) is 10.3 Å². The van der Waals surface area contributed by atoms with Crippen molar-refractivity contribution in [2.75, 3.05) is 18.4 Å². The highest BCUT2D eigenvalue weighted by Gasteiger charge is 2.47. The molecule has 6 rings (SSSR count). The molecule has 2 aliphatic carbocycles. The SMILES string of the molecule is CCNC(=O)c1cnc(Nc2ccc3c(c2)CCNC32CC2)nc1[NH2+]c1cccc(C2(C#N)CC2)n1. The van der Waals surface area contributed by atoms with Gasteiger partial charge in [-0.1, -0.05) is 12.1 Å². The number of carbonyl (C=O) groups is 1. The number of nitrogens with two attached hydrogens (primary N) is 1. The number of nitriles is 1. The van der Waals surface area contributed by atoms with Crippen molar-refractivity contribution >= 4 is 29.2 Å². The predicted octanol–water partition coefficient (Wildman–Crippen LogP) is 2.58. The number of carbonyl (C=O) groups excluding carboxylic acids is 1. The first-order chi connectivity index (χ1) is 17.5. The third-order valence-corrected chi connectivity index (χ3v) is 7.39. The Bertz CT molecular complexity index is 1390. The molecule has 9 heteroatoms. The van der Waals surface area contributed by atoms with Crippen molar-refractivity contribution in [2.24, 2.45) is 0 Å². The van der Waals surface area contributed by atoms with Gasteiger partial charge >= 0.3 is 0 Å². The van der Waals surface area contributed by atoms with Crippen LogP contribution in [0.2, 0.25) is 0 Å². The normalized spacial score (nSPS) is 18.1. The third kappa shape index (κ3) is 4.08. The van der Waals surface area contributed by atoms with Crippen molar-refractivity contribution in [1.29, 1.82) is 5.26 Å². The lowest BCUT2D eigenvalue weighted by Gasteiger charge is -2.27. The molecule has 0 radical (unpaired) electrons. The monoisotopic (exact) mass is 481 g/mol. The van der Waals surface area contributed by atoms with Crippen LogP contribution >= 0.6 is 0 Å². The molecule has 1 spiro atoms. The Balaban J connectivity index is 1.29. The Hall–Kier alpha value is -3.87. The third-order valence-electron chi connectivity index (χ3n) is 7.39. The molecule has 36 heavy (non-hydrogen) atoms. The zero-order valence-electron chi connectivity index (χ0n) is 20.3. The fraction of sp³-hybridized carbons (Fsp3) is 0.370. The summed E-state index contributed by atoms with van der Waals surface area (Å²) in [6.07, 6.45) is 6.58. The summed E-state index contributed by atoms with van der Waals surface area (Å²) < 4.78 is 0. The van der Waals surface area contributed by atoms with Gasteiger partial charge in [0.25, 0.3) is 5.91 Å². The number of benzene rings is 1. The van der Waals surface area contributed by atoms with Crippen LogP contribution in [0, 0.1) is 11.3 Å². The second kappa shape index (κ2) is 8.66. The number of rotatable bonds is 7. The van der Waals surface area contributed by atoms with E-state index in [9.17, 15) is 10.1 Å². The van der Waals surface area contributed by atoms with Gasteiger partial charge in [-0.05, 0) is 68.4 Å². The van der Waals surface area contributed by atoms with Crippen LogP contribution in [0.4, 0.5) is 23.3 Å². The molecule has 0 saturated heterocycles. The quantitative estimate of drug-likeness (QED) is 0.408. The van der Waals surface area contributed by atoms with Crippen molar-refractivity contribution < 1.29 is 10.1 Å². The first kappa shape index (κ1) is 22.6. The molecule has 9 nitrogen and oxygen atoms in total. The summed E-state index contributed by atoms with van der Waals surface area (Å²) in [5, 5.41) is 21.2. The summed E-state index contributed by atoms with van der Waals surface area (Å²) in [6.45, 7) is 3.37. The van der Waals surface area contributed by atoms with Crippen LogP contribution in [-0.2, 0) is 17.4 Å². The van der Waals surface area contributed by atoms with E-state index in [1.165, 1.54) is 24.0 Å². The van der Waals surface area contributed by atoms with Crippen molar-refractivity contribution in [3.05, 3.63) is 65.0 Å². The molecule has 3 aliphatic rings. The molecule has 1 amide bonds. The standard InChI is InChI=1S/C27H28N8O/c1-2-29-24(36)19-15-30-25(32-18-6-7-20-17(14-18)8-13-31-27(20)11-12-27)35-23(19)34-22-5-3-4-21(33-22)26(16-28)9-10-26/h3-7,14-15,31H,2,8-13H2,1H3,(H,29,36)(H2,30,32,33,34,35)/p+1. The summed E-state index contributed by atoms with van der Waals surface area (Å²) in [6, 6.07) is 14.5. The Morgan fingerprint density at radius 3 is 2.81 bits per heavy atom. The molecule has 2 aromatic heterocycles. The molecule has 0 unspecified atom stereocenters. The minimum Gasteiger partial charge on any atom is -0.352 e. The average Bonchev–Trinajstić information content (AvgIpc) is 3.82. The average molecular weight is 482 g/mol. The first-order valence-electron chi connectivity index (χ1n) is 12.6. The number of nitrogens with one attached hydrogen (secondary N) is 3. The lowest BCUT2D eigenvalue weighted by Crippen LogP contribution is -2.73. The van der Waals surface area contributed by atoms with Gasteiger partial charge in [-0.2, -0.15) is 15.2 Å². The lowest BCUT2D eigenvalue weighted by atomic mass is 9.92. The summed E-state index contributed by atoms with van der Waals surface area (Å²) >= 11 is 0. The molecule has 0 bridgehead atoms. The van der Waals surface area contributed by atoms with Crippen LogP contribution in [0.3, 0.4) is 0 Å². The van der Waals surface area contributed by atoms with E-state index in [4.69, 9.17) is 9.97 Å². The highest BCUT2D eigenvalue weighted by Crippen LogP contribution is 2.49. The molecule has 3 heterocycles. The van der Waals surface area contributed by atoms with E-state index in [1.54, 1.807) is 11.5 Å². The Morgan fingerprint density at radius 1 is 1.19 bits per heavy atom. The number of amides is 1. The molecule has 5 N–H and O–H groups in total. The number of quaternary nitrogens is 1. The molecular weight excluding hydrogens is 452 g/mol. The fourth-order valence-corrected chi connectivity index (χ4v) is 5.06. The highest BCUT2D eigenvalue weighted by molar-refractivity contribution is 5.97. The lowest BCUT2D eigenvalue weighted by molar-refractivity contribution is -0.487. The van der Waals surface area contributed by atoms with Crippen LogP contribution in [0.1, 0.15) is 59.8 Å². The maximum atomic E-state index is 12.7. The Labute approximate surface area is 209 Å². The van der Waals surface area contributed by atoms with Crippen LogP contribution in [0.15, 0.2) is 42.6 Å². The number of nitrogens with zero attached hydrogens (tertiary/aromatic N) is 4. The summed E-state index contributed by atoms with van der Waals surface area (Å²) in [4.78, 5) is 26.6. The van der Waals surface area contributed by atoms with E-state index in [0.717, 1.165) is 37.2 Å². The molecular formula is C27H29N8O+. The minimum atomic E-state index is -0.480. The van der Waals surface area contributed by atoms with Crippen LogP contribution in [-0.4, -0.2) is 33.9 Å². The smallest absolute Gasteiger partial charge is 0.260 e. The predicted molar refractivity (Wildman–Crippen MR) is 134 cm³/mol. The van der Waals surface area contributed by atoms with E-state index in [1.807, 2.05) is 25.1 Å². The summed E-state index contributed by atoms with van der Waals surface area (Å²) in [5.41, 5.74) is 4.53. The van der Waals surface area contributed by atoms with Gasteiger partial charge in [0.1, 0.15) is 5.56 Å². The Morgan fingerprint density at radius 2 is 2.06 bits per heavy atom. The van der Waals surface area contributed by atoms with Gasteiger partial charge in [0.15, 0.2) is 0 Å². The number of pyridine rings is 1. The van der Waals surface area contributed by atoms with E-state index in [2.05, 4.69) is 45.2 Å². The summed E-state index contributed by atoms with van der Waals surface area (Å²) in [5.74, 6) is 1.30. The van der Waals surface area contributed by atoms with Crippen molar-refractivity contribution in [1.82, 2.24) is 25.6 Å². The van der Waals surface area contributed by atoms with Crippen LogP contribution in [0.25, 0.3) is 0 Å². The molecule has 2 fully saturated rings. The number of anilines is 2. The Kier molecular flexibility index (Phi) is 5.43. The molecule has 1 aliphatic heterocycles. The first-order valence-corrected chi connectivity index (χ1v) is 12.6. The maximum Gasteiger partial charge on any atom is 0.260 e. The number of fused-ring (bicyclic) bond motifs is 2. The van der Waals surface area contributed by atoms with Crippen molar-refractivity contribution in [3.8, 4) is 6.07 Å². The molecule has 2 saturated carbocycles. The van der Waals surface area contributed by atoms with Gasteiger partial charge in [0, 0.05) is 30.4 Å². The minimum absolute atomic E-state index is 0.186. The number of hydrogen-bond donors (Lipinski definition) is 4. The van der Waals surface area contributed by atoms with Gasteiger partial charge < -0.3 is 16.0 Å². The van der Waals surface area contributed by atoms with E-state index >= 15 is 0 Å². The largest absolute Gasteiger partial charge is 0.352 e. The maximum absolute atomic E-state index is 12.7. The zero-order chi connectivity index (χ0) is 24.8. The molecule has 0 atom stereocenters. The van der Waals surface area contributed by atoms with Gasteiger partial charge in [-0.15, -0.1) is 0 Å². The number of hydrogen-bond acceptors (Lipinski definition) is 7. The van der Waals surface area contributed by atoms with E-state index < -0.39 is 5.41 Å². The summed E-state index contributed by atoms with van der Waals surface area (Å²) in [7, 11) is 0. The van der Waals surface area contributed by atoms with Gasteiger partial charge in [0.05, 0.1) is 23.4 Å². The fourth-order valence-electron chi connectivity index (χ4n) is 5.06. The highest BCUT2D eigenvalue weighted by atomic mass is 16.1. The van der Waals surface area contributed by atoms with Gasteiger partial charge in [0.2, 0.25) is 17.6 Å². The van der Waals surface area contributed by atoms with Crippen molar-refractivity contribution in [3.63, 3.8) is 0 Å². The topological polar surface area (TPSA) is 132 Å². The molecule has 1 aromatic carbocycles. The van der Waals surface area contributed by atoms with Crippen LogP contribution in [0.5, 0.6) is 0 Å². The molecule has 3 aromatic rings. The second-order valence-electron chi connectivity index (χ2n) is 9.89. The van der Waals surface area contributed by atoms with Crippen LogP contribution < -0.4 is 21.3 Å². The van der Waals surface area contributed by atoms with E-state index in [-0.39, 0.29) is 11.4 Å². The zero-order valence-corrected chi connectivity index (χ0v) is 20.3.